The first-order valence-electron chi connectivity index (χ1n) is 4.76. The fourth-order valence-corrected chi connectivity index (χ4v) is 0.993. The van der Waals surface area contributed by atoms with Crippen molar-refractivity contribution in [3.8, 4) is 0 Å². The van der Waals surface area contributed by atoms with E-state index in [1.165, 1.54) is 0 Å². The number of nitrogens with two attached hydrogens (primary N) is 1. The van der Waals surface area contributed by atoms with Crippen LogP contribution in [0.5, 0.6) is 0 Å². The Labute approximate surface area is 76.3 Å². The Morgan fingerprint density at radius 3 is 2.50 bits per heavy atom. The molecule has 0 rings (SSSR count). The van der Waals surface area contributed by atoms with Gasteiger partial charge in [-0.15, -0.1) is 0 Å². The zero-order valence-electron chi connectivity index (χ0n) is 8.64. The number of hydrogen-bond donors (Lipinski definition) is 2. The Kier molecular flexibility index (Phi) is 7.45. The van der Waals surface area contributed by atoms with E-state index in [4.69, 9.17) is 5.73 Å². The van der Waals surface area contributed by atoms with Gasteiger partial charge in [0, 0.05) is 26.2 Å². The molecule has 0 bridgehead atoms. The first-order valence-corrected chi connectivity index (χ1v) is 4.76. The second kappa shape index (κ2) is 7.53. The molecule has 0 aliphatic heterocycles. The molecular weight excluding hydrogens is 150 g/mol. The summed E-state index contributed by atoms with van der Waals surface area (Å²) in [6.07, 6.45) is 0. The third-order valence-corrected chi connectivity index (χ3v) is 1.73. The lowest BCUT2D eigenvalue weighted by Gasteiger charge is -2.16. The molecule has 0 fully saturated rings. The van der Waals surface area contributed by atoms with Gasteiger partial charge in [-0.25, -0.2) is 0 Å². The highest BCUT2D eigenvalue weighted by molar-refractivity contribution is 4.56. The van der Waals surface area contributed by atoms with Gasteiger partial charge in [0.15, 0.2) is 0 Å². The molecule has 0 unspecified atom stereocenters. The molecule has 0 aromatic carbocycles. The highest BCUT2D eigenvalue weighted by Gasteiger charge is 1.96. The van der Waals surface area contributed by atoms with Gasteiger partial charge >= 0.3 is 0 Å². The van der Waals surface area contributed by atoms with E-state index in [1.54, 1.807) is 0 Å². The van der Waals surface area contributed by atoms with Crippen molar-refractivity contribution in [2.24, 2.45) is 11.7 Å². The number of nitrogens with one attached hydrogen (secondary N) is 1. The second-order valence-electron chi connectivity index (χ2n) is 3.69. The van der Waals surface area contributed by atoms with Crippen molar-refractivity contribution in [2.75, 3.05) is 39.8 Å². The van der Waals surface area contributed by atoms with Crippen molar-refractivity contribution in [1.29, 1.82) is 0 Å². The summed E-state index contributed by atoms with van der Waals surface area (Å²) in [6.45, 7) is 9.44. The predicted octanol–water partition coefficient (Wildman–Crippen LogP) is 0.123. The average molecular weight is 173 g/mol. The first-order chi connectivity index (χ1) is 5.66. The summed E-state index contributed by atoms with van der Waals surface area (Å²) in [5.74, 6) is 0.741. The van der Waals surface area contributed by atoms with Crippen molar-refractivity contribution in [3.05, 3.63) is 0 Å². The van der Waals surface area contributed by atoms with Crippen molar-refractivity contribution in [3.63, 3.8) is 0 Å². The van der Waals surface area contributed by atoms with Gasteiger partial charge in [-0.1, -0.05) is 13.8 Å². The lowest BCUT2D eigenvalue weighted by Crippen LogP contribution is -2.33. The van der Waals surface area contributed by atoms with E-state index in [0.717, 1.165) is 38.6 Å². The highest BCUT2D eigenvalue weighted by Crippen LogP contribution is 1.86. The Morgan fingerprint density at radius 2 is 2.00 bits per heavy atom. The van der Waals surface area contributed by atoms with Crippen LogP contribution in [0.15, 0.2) is 0 Å². The molecule has 12 heavy (non-hydrogen) atoms. The van der Waals surface area contributed by atoms with Gasteiger partial charge in [-0.05, 0) is 19.5 Å². The van der Waals surface area contributed by atoms with E-state index < -0.39 is 0 Å². The van der Waals surface area contributed by atoms with Crippen molar-refractivity contribution >= 4 is 0 Å². The largest absolute Gasteiger partial charge is 0.329 e. The quantitative estimate of drug-likeness (QED) is 0.537. The lowest BCUT2D eigenvalue weighted by atomic mass is 10.2. The average Bonchev–Trinajstić information content (AvgIpc) is 1.98. The Bertz CT molecular complexity index is 93.8. The maximum Gasteiger partial charge on any atom is 0.0104 e. The van der Waals surface area contributed by atoms with Gasteiger partial charge in [-0.2, -0.15) is 0 Å². The first kappa shape index (κ1) is 11.9. The number of nitrogens with zero attached hydrogens (tertiary/aromatic N) is 1. The molecule has 0 spiro atoms. The normalized spacial score (nSPS) is 11.5. The van der Waals surface area contributed by atoms with Crippen LogP contribution in [-0.2, 0) is 0 Å². The third kappa shape index (κ3) is 7.98. The molecular formula is C9H23N3. The number of hydrogen-bond acceptors (Lipinski definition) is 3. The monoisotopic (exact) mass is 173 g/mol. The van der Waals surface area contributed by atoms with Gasteiger partial charge in [0.05, 0.1) is 0 Å². The van der Waals surface area contributed by atoms with Gasteiger partial charge in [0.2, 0.25) is 0 Å². The molecule has 0 aromatic heterocycles. The summed E-state index contributed by atoms with van der Waals surface area (Å²) in [4.78, 5) is 2.24. The molecule has 0 atom stereocenters. The molecule has 0 amide bonds. The molecule has 0 aliphatic rings. The van der Waals surface area contributed by atoms with E-state index in [2.05, 4.69) is 31.1 Å². The Morgan fingerprint density at radius 1 is 1.33 bits per heavy atom. The van der Waals surface area contributed by atoms with Crippen LogP contribution in [0.2, 0.25) is 0 Å². The summed E-state index contributed by atoms with van der Waals surface area (Å²) in [6, 6.07) is 0. The number of likely N-dealkylation sites (N-methyl/N-ethyl adjacent to an activating group) is 1. The van der Waals surface area contributed by atoms with E-state index in [0.29, 0.717) is 0 Å². The predicted molar refractivity (Wildman–Crippen MR) is 54.3 cm³/mol. The summed E-state index contributed by atoms with van der Waals surface area (Å²) in [5, 5.41) is 3.39. The van der Waals surface area contributed by atoms with Crippen LogP contribution in [0.1, 0.15) is 13.8 Å². The van der Waals surface area contributed by atoms with E-state index in [9.17, 15) is 0 Å². The fourth-order valence-electron chi connectivity index (χ4n) is 0.993. The van der Waals surface area contributed by atoms with Crippen LogP contribution in [0, 0.1) is 5.92 Å². The summed E-state index contributed by atoms with van der Waals surface area (Å²) >= 11 is 0. The minimum absolute atomic E-state index is 0.741. The highest BCUT2D eigenvalue weighted by atomic mass is 15.1. The maximum absolute atomic E-state index is 5.42. The summed E-state index contributed by atoms with van der Waals surface area (Å²) in [5.41, 5.74) is 5.42. The molecule has 0 saturated carbocycles. The smallest absolute Gasteiger partial charge is 0.0104 e. The zero-order chi connectivity index (χ0) is 9.40. The minimum atomic E-state index is 0.741. The van der Waals surface area contributed by atoms with E-state index >= 15 is 0 Å². The van der Waals surface area contributed by atoms with Crippen molar-refractivity contribution in [2.45, 2.75) is 13.8 Å². The maximum atomic E-state index is 5.42. The van der Waals surface area contributed by atoms with Crippen molar-refractivity contribution < 1.29 is 0 Å². The van der Waals surface area contributed by atoms with Gasteiger partial charge in [0.1, 0.15) is 0 Å². The summed E-state index contributed by atoms with van der Waals surface area (Å²) < 4.78 is 0. The van der Waals surface area contributed by atoms with Gasteiger partial charge in [-0.3, -0.25) is 0 Å². The summed E-state index contributed by atoms with van der Waals surface area (Å²) in [7, 11) is 2.10. The van der Waals surface area contributed by atoms with Crippen LogP contribution in [0.3, 0.4) is 0 Å². The Hall–Kier alpha value is -0.120. The SMILES string of the molecule is CC(C)CNCCN(C)CCN. The molecule has 3 nitrogen and oxygen atoms in total. The molecule has 3 N–H and O–H groups in total. The lowest BCUT2D eigenvalue weighted by molar-refractivity contribution is 0.337. The van der Waals surface area contributed by atoms with Crippen LogP contribution in [0.25, 0.3) is 0 Å². The Balaban J connectivity index is 3.08. The molecule has 0 radical (unpaired) electrons. The molecule has 0 aliphatic carbocycles. The minimum Gasteiger partial charge on any atom is -0.329 e. The number of rotatable bonds is 7. The molecule has 0 heterocycles. The zero-order valence-corrected chi connectivity index (χ0v) is 8.64. The van der Waals surface area contributed by atoms with Crippen LogP contribution in [0.4, 0.5) is 0 Å². The molecule has 74 valence electrons. The molecule has 0 saturated heterocycles. The van der Waals surface area contributed by atoms with Crippen LogP contribution in [-0.4, -0.2) is 44.7 Å². The second-order valence-corrected chi connectivity index (χ2v) is 3.69. The van der Waals surface area contributed by atoms with Gasteiger partial charge < -0.3 is 16.0 Å². The topological polar surface area (TPSA) is 41.3 Å². The third-order valence-electron chi connectivity index (χ3n) is 1.73. The van der Waals surface area contributed by atoms with Crippen LogP contribution < -0.4 is 11.1 Å². The standard InChI is InChI=1S/C9H23N3/c1-9(2)8-11-5-7-12(3)6-4-10/h9,11H,4-8,10H2,1-3H3. The van der Waals surface area contributed by atoms with Crippen molar-refractivity contribution in [1.82, 2.24) is 10.2 Å². The van der Waals surface area contributed by atoms with E-state index in [-0.39, 0.29) is 0 Å². The molecule has 3 heteroatoms. The van der Waals surface area contributed by atoms with Gasteiger partial charge in [0.25, 0.3) is 0 Å². The van der Waals surface area contributed by atoms with Crippen LogP contribution >= 0.6 is 0 Å². The molecule has 0 aromatic rings. The fraction of sp³-hybridized carbons (Fsp3) is 1.00. The van der Waals surface area contributed by atoms with E-state index in [1.807, 2.05) is 0 Å².